The van der Waals surface area contributed by atoms with Crippen LogP contribution in [-0.4, -0.2) is 13.1 Å². The van der Waals surface area contributed by atoms with E-state index in [0.29, 0.717) is 49.4 Å². The van der Waals surface area contributed by atoms with Crippen molar-refractivity contribution in [2.45, 2.75) is 13.5 Å². The standard InChI is InChI=1S/C25H18Cl2O6/c1-14-24(33-16-8-6-15(7-9-16)25(29)30-2)23(28)18-11-10-17(12-22(18)32-14)31-13-19-20(26)4-3-5-21(19)27/h3-12H,13H2,1-2H3. The highest BCUT2D eigenvalue weighted by molar-refractivity contribution is 6.35. The van der Waals surface area contributed by atoms with Gasteiger partial charge in [0, 0.05) is 21.7 Å². The van der Waals surface area contributed by atoms with Crippen molar-refractivity contribution in [2.24, 2.45) is 0 Å². The first-order valence-electron chi connectivity index (χ1n) is 9.86. The first-order chi connectivity index (χ1) is 15.9. The van der Waals surface area contributed by atoms with Gasteiger partial charge in [-0.05, 0) is 55.5 Å². The number of methoxy groups -OCH3 is 1. The van der Waals surface area contributed by atoms with Crippen LogP contribution < -0.4 is 14.9 Å². The van der Waals surface area contributed by atoms with Crippen LogP contribution in [0.1, 0.15) is 21.7 Å². The van der Waals surface area contributed by atoms with Gasteiger partial charge < -0.3 is 18.6 Å². The van der Waals surface area contributed by atoms with E-state index in [0.717, 1.165) is 0 Å². The van der Waals surface area contributed by atoms with Gasteiger partial charge in [-0.25, -0.2) is 4.79 Å². The summed E-state index contributed by atoms with van der Waals surface area (Å²) in [4.78, 5) is 24.6. The van der Waals surface area contributed by atoms with E-state index in [2.05, 4.69) is 4.74 Å². The van der Waals surface area contributed by atoms with E-state index in [1.807, 2.05) is 0 Å². The quantitative estimate of drug-likeness (QED) is 0.288. The number of rotatable bonds is 6. The minimum atomic E-state index is -0.460. The maximum Gasteiger partial charge on any atom is 0.337 e. The van der Waals surface area contributed by atoms with Crippen LogP contribution in [0, 0.1) is 6.92 Å². The van der Waals surface area contributed by atoms with Crippen molar-refractivity contribution in [3.8, 4) is 17.2 Å². The molecule has 1 heterocycles. The fourth-order valence-electron chi connectivity index (χ4n) is 3.20. The molecule has 0 aliphatic carbocycles. The molecule has 4 aromatic rings. The molecule has 0 saturated heterocycles. The summed E-state index contributed by atoms with van der Waals surface area (Å²) < 4.78 is 22.1. The highest BCUT2D eigenvalue weighted by Crippen LogP contribution is 2.29. The second kappa shape index (κ2) is 9.57. The van der Waals surface area contributed by atoms with Gasteiger partial charge in [0.05, 0.1) is 18.1 Å². The molecule has 0 saturated carbocycles. The maximum atomic E-state index is 13.0. The van der Waals surface area contributed by atoms with Gasteiger partial charge in [0.1, 0.15) is 29.4 Å². The second-order valence-corrected chi connectivity index (χ2v) is 7.90. The van der Waals surface area contributed by atoms with Crippen molar-refractivity contribution in [1.29, 1.82) is 0 Å². The zero-order valence-corrected chi connectivity index (χ0v) is 19.2. The molecule has 0 aliphatic rings. The summed E-state index contributed by atoms with van der Waals surface area (Å²) in [6.07, 6.45) is 0. The predicted octanol–water partition coefficient (Wildman–Crippen LogP) is 6.57. The van der Waals surface area contributed by atoms with E-state index in [1.165, 1.54) is 7.11 Å². The summed E-state index contributed by atoms with van der Waals surface area (Å²) in [5.41, 5.74) is 1.07. The fraction of sp³-hybridized carbons (Fsp3) is 0.120. The topological polar surface area (TPSA) is 75.0 Å². The Morgan fingerprint density at radius 2 is 1.64 bits per heavy atom. The zero-order chi connectivity index (χ0) is 23.5. The van der Waals surface area contributed by atoms with Crippen LogP contribution in [0.25, 0.3) is 11.0 Å². The zero-order valence-electron chi connectivity index (χ0n) is 17.7. The van der Waals surface area contributed by atoms with Crippen LogP contribution in [0.4, 0.5) is 0 Å². The van der Waals surface area contributed by atoms with E-state index in [-0.39, 0.29) is 17.8 Å². The van der Waals surface area contributed by atoms with Gasteiger partial charge in [-0.3, -0.25) is 4.79 Å². The Labute approximate surface area is 199 Å². The van der Waals surface area contributed by atoms with E-state index in [1.54, 1.807) is 67.6 Å². The van der Waals surface area contributed by atoms with Crippen LogP contribution >= 0.6 is 23.2 Å². The smallest absolute Gasteiger partial charge is 0.337 e. The van der Waals surface area contributed by atoms with Crippen LogP contribution in [0.2, 0.25) is 10.0 Å². The van der Waals surface area contributed by atoms with Gasteiger partial charge in [0.2, 0.25) is 11.2 Å². The first-order valence-corrected chi connectivity index (χ1v) is 10.6. The summed E-state index contributed by atoms with van der Waals surface area (Å²) in [6.45, 7) is 1.80. The molecule has 0 aliphatic heterocycles. The Kier molecular flexibility index (Phi) is 6.58. The molecule has 8 heteroatoms. The van der Waals surface area contributed by atoms with Crippen molar-refractivity contribution < 1.29 is 23.4 Å². The van der Waals surface area contributed by atoms with Crippen molar-refractivity contribution in [1.82, 2.24) is 0 Å². The first kappa shape index (κ1) is 22.7. The molecule has 33 heavy (non-hydrogen) atoms. The van der Waals surface area contributed by atoms with Crippen LogP contribution in [0.15, 0.2) is 69.9 Å². The highest BCUT2D eigenvalue weighted by Gasteiger charge is 2.15. The van der Waals surface area contributed by atoms with E-state index >= 15 is 0 Å². The number of fused-ring (bicyclic) bond motifs is 1. The number of aryl methyl sites for hydroxylation is 1. The van der Waals surface area contributed by atoms with Crippen molar-refractivity contribution in [3.63, 3.8) is 0 Å². The molecule has 168 valence electrons. The summed E-state index contributed by atoms with van der Waals surface area (Å²) in [5, 5.41) is 1.35. The third kappa shape index (κ3) is 4.82. The monoisotopic (exact) mass is 484 g/mol. The van der Waals surface area contributed by atoms with Crippen molar-refractivity contribution >= 4 is 40.1 Å². The minimum absolute atomic E-state index is 0.0600. The van der Waals surface area contributed by atoms with Gasteiger partial charge >= 0.3 is 5.97 Å². The number of carbonyl (C=O) groups excluding carboxylic acids is 1. The number of esters is 1. The lowest BCUT2D eigenvalue weighted by Crippen LogP contribution is -2.08. The van der Waals surface area contributed by atoms with E-state index in [4.69, 9.17) is 37.1 Å². The Morgan fingerprint density at radius 3 is 2.30 bits per heavy atom. The molecule has 0 radical (unpaired) electrons. The Hall–Kier alpha value is -3.48. The third-order valence-electron chi connectivity index (χ3n) is 4.93. The molecule has 3 aromatic carbocycles. The molecular formula is C25H18Cl2O6. The van der Waals surface area contributed by atoms with Crippen LogP contribution in [0.5, 0.6) is 17.2 Å². The summed E-state index contributed by atoms with van der Waals surface area (Å²) >= 11 is 12.4. The number of carbonyl (C=O) groups is 1. The molecule has 1 aromatic heterocycles. The molecule has 0 atom stereocenters. The number of hydrogen-bond acceptors (Lipinski definition) is 6. The largest absolute Gasteiger partial charge is 0.489 e. The predicted molar refractivity (Wildman–Crippen MR) is 126 cm³/mol. The summed E-state index contributed by atoms with van der Waals surface area (Å²) in [5.74, 6) is 0.778. The molecule has 6 nitrogen and oxygen atoms in total. The third-order valence-corrected chi connectivity index (χ3v) is 5.64. The molecule has 0 spiro atoms. The minimum Gasteiger partial charge on any atom is -0.489 e. The molecule has 0 fully saturated rings. The lowest BCUT2D eigenvalue weighted by Gasteiger charge is -2.11. The van der Waals surface area contributed by atoms with Gasteiger partial charge in [-0.2, -0.15) is 0 Å². The van der Waals surface area contributed by atoms with Gasteiger partial charge in [0.15, 0.2) is 0 Å². The van der Waals surface area contributed by atoms with E-state index < -0.39 is 5.97 Å². The molecule has 0 N–H and O–H groups in total. The second-order valence-electron chi connectivity index (χ2n) is 7.08. The molecule has 0 unspecified atom stereocenters. The van der Waals surface area contributed by atoms with Crippen molar-refractivity contribution in [3.05, 3.63) is 97.8 Å². The lowest BCUT2D eigenvalue weighted by atomic mass is 10.2. The van der Waals surface area contributed by atoms with Crippen molar-refractivity contribution in [2.75, 3.05) is 7.11 Å². The molecule has 0 amide bonds. The Balaban J connectivity index is 1.58. The SMILES string of the molecule is COC(=O)c1ccc(Oc2c(C)oc3cc(OCc4c(Cl)cccc4Cl)ccc3c2=O)cc1. The number of ether oxygens (including phenoxy) is 3. The average molecular weight is 485 g/mol. The molecular weight excluding hydrogens is 467 g/mol. The lowest BCUT2D eigenvalue weighted by molar-refractivity contribution is 0.0600. The summed E-state index contributed by atoms with van der Waals surface area (Å²) in [7, 11) is 1.30. The van der Waals surface area contributed by atoms with E-state index in [9.17, 15) is 9.59 Å². The summed E-state index contributed by atoms with van der Waals surface area (Å²) in [6, 6.07) is 16.4. The normalized spacial score (nSPS) is 10.8. The van der Waals surface area contributed by atoms with Gasteiger partial charge in [-0.15, -0.1) is 0 Å². The van der Waals surface area contributed by atoms with Gasteiger partial charge in [-0.1, -0.05) is 29.3 Å². The number of halogens is 2. The Morgan fingerprint density at radius 1 is 0.970 bits per heavy atom. The Bertz CT molecular complexity index is 1370. The molecule has 0 bridgehead atoms. The number of benzene rings is 3. The van der Waals surface area contributed by atoms with Gasteiger partial charge in [0.25, 0.3) is 0 Å². The van der Waals surface area contributed by atoms with Crippen LogP contribution in [0.3, 0.4) is 0 Å². The fourth-order valence-corrected chi connectivity index (χ4v) is 3.70. The van der Waals surface area contributed by atoms with Crippen LogP contribution in [-0.2, 0) is 11.3 Å². The maximum absolute atomic E-state index is 13.0. The highest BCUT2D eigenvalue weighted by atomic mass is 35.5. The molecule has 4 rings (SSSR count). The number of hydrogen-bond donors (Lipinski definition) is 0. The average Bonchev–Trinajstić information content (AvgIpc) is 2.81.